The Balaban J connectivity index is 0.000000483. The van der Waals surface area contributed by atoms with Crippen molar-refractivity contribution in [1.29, 1.82) is 0 Å². The highest BCUT2D eigenvalue weighted by Gasteiger charge is 2.28. The van der Waals surface area contributed by atoms with E-state index >= 15 is 0 Å². The maximum atomic E-state index is 10.7. The average Bonchev–Trinajstić information content (AvgIpc) is 3.24. The molecule has 2 unspecified atom stereocenters. The van der Waals surface area contributed by atoms with Gasteiger partial charge in [0.2, 0.25) is 5.91 Å². The van der Waals surface area contributed by atoms with Gasteiger partial charge in [-0.1, -0.05) is 41.5 Å². The Bertz CT molecular complexity index is 449. The lowest BCUT2D eigenvalue weighted by molar-refractivity contribution is -0.141. The summed E-state index contributed by atoms with van der Waals surface area (Å²) in [5.41, 5.74) is 0.349. The lowest BCUT2D eigenvalue weighted by Gasteiger charge is -2.22. The molecule has 0 aromatic heterocycles. The zero-order valence-electron chi connectivity index (χ0n) is 19.4. The topological polar surface area (TPSA) is 72.9 Å². The van der Waals surface area contributed by atoms with Gasteiger partial charge in [0.25, 0.3) is 0 Å². The molecule has 2 rings (SSSR count). The molecule has 6 nitrogen and oxygen atoms in total. The third kappa shape index (κ3) is 12.3. The zero-order chi connectivity index (χ0) is 21.7. The first-order valence-electron chi connectivity index (χ1n) is 11.1. The Kier molecular flexibility index (Phi) is 13.4. The smallest absolute Gasteiger partial charge is 0.307 e. The van der Waals surface area contributed by atoms with E-state index in [1.54, 1.807) is 6.92 Å². The lowest BCUT2D eigenvalue weighted by Crippen LogP contribution is -2.35. The van der Waals surface area contributed by atoms with Crippen molar-refractivity contribution in [2.24, 2.45) is 11.3 Å². The van der Waals surface area contributed by atoms with Crippen LogP contribution in [-0.4, -0.2) is 72.1 Å². The van der Waals surface area contributed by atoms with E-state index in [-0.39, 0.29) is 11.8 Å². The molecule has 0 saturated carbocycles. The molecular formula is C22H45N3O3. The predicted octanol–water partition coefficient (Wildman–Crippen LogP) is 3.46. The maximum absolute atomic E-state index is 10.7. The molecule has 0 radical (unpaired) electrons. The van der Waals surface area contributed by atoms with Gasteiger partial charge in [0.15, 0.2) is 0 Å². The molecule has 0 aliphatic carbocycles. The number of likely N-dealkylation sites (tertiary alicyclic amines) is 2. The number of carboxylic acid groups (broad SMARTS) is 1. The number of aliphatic carboxylic acids is 1. The summed E-state index contributed by atoms with van der Waals surface area (Å²) in [5.74, 6) is -0.670. The van der Waals surface area contributed by atoms with Gasteiger partial charge in [-0.05, 0) is 50.7 Å². The average molecular weight is 400 g/mol. The minimum Gasteiger partial charge on any atom is -0.481 e. The summed E-state index contributed by atoms with van der Waals surface area (Å²) in [7, 11) is 0. The standard InChI is InChI=1S/C11H21NO2.C9H18N2O.C2H6/c1-11(2,3)5-7-12-6-4-9(8-12)10(13)14;1-3-5-11-6-4-9(7-11)10-8(2)12;1-2/h9H,4-8H2,1-3H3,(H,13,14);9H,3-7H2,1-2H3,(H,10,12);1-2H3. The molecule has 2 saturated heterocycles. The predicted molar refractivity (Wildman–Crippen MR) is 117 cm³/mol. The van der Waals surface area contributed by atoms with E-state index in [4.69, 9.17) is 5.11 Å². The molecule has 28 heavy (non-hydrogen) atoms. The molecule has 166 valence electrons. The van der Waals surface area contributed by atoms with Crippen LogP contribution in [0.1, 0.15) is 74.1 Å². The highest BCUT2D eigenvalue weighted by atomic mass is 16.4. The van der Waals surface area contributed by atoms with Crippen LogP contribution in [0.2, 0.25) is 0 Å². The van der Waals surface area contributed by atoms with Crippen molar-refractivity contribution in [2.75, 3.05) is 39.3 Å². The number of carboxylic acids is 1. The van der Waals surface area contributed by atoms with Crippen LogP contribution in [0.3, 0.4) is 0 Å². The SMILES string of the molecule is CC.CC(C)(C)CCN1CCC(C(=O)O)C1.CCCN1CCC(NC(C)=O)C1. The summed E-state index contributed by atoms with van der Waals surface area (Å²) in [5, 5.41) is 11.8. The molecule has 2 heterocycles. The quantitative estimate of drug-likeness (QED) is 0.715. The van der Waals surface area contributed by atoms with Crippen LogP contribution in [0.5, 0.6) is 0 Å². The summed E-state index contributed by atoms with van der Waals surface area (Å²) in [6.07, 6.45) is 4.27. The van der Waals surface area contributed by atoms with E-state index < -0.39 is 5.97 Å². The van der Waals surface area contributed by atoms with E-state index in [2.05, 4.69) is 42.8 Å². The fraction of sp³-hybridized carbons (Fsp3) is 0.909. The second-order valence-electron chi connectivity index (χ2n) is 8.92. The Morgan fingerprint density at radius 2 is 1.61 bits per heavy atom. The van der Waals surface area contributed by atoms with E-state index in [9.17, 15) is 9.59 Å². The van der Waals surface area contributed by atoms with Crippen LogP contribution in [0.15, 0.2) is 0 Å². The van der Waals surface area contributed by atoms with Crippen molar-refractivity contribution in [3.8, 4) is 0 Å². The summed E-state index contributed by atoms with van der Waals surface area (Å²) >= 11 is 0. The van der Waals surface area contributed by atoms with Gasteiger partial charge in [-0.25, -0.2) is 0 Å². The monoisotopic (exact) mass is 399 g/mol. The number of carbonyl (C=O) groups excluding carboxylic acids is 1. The van der Waals surface area contributed by atoms with Crippen LogP contribution in [0, 0.1) is 11.3 Å². The van der Waals surface area contributed by atoms with E-state index in [0.29, 0.717) is 11.5 Å². The summed E-state index contributed by atoms with van der Waals surface area (Å²) in [6.45, 7) is 20.5. The van der Waals surface area contributed by atoms with Crippen molar-refractivity contribution in [1.82, 2.24) is 15.1 Å². The number of hydrogen-bond donors (Lipinski definition) is 2. The molecule has 0 aromatic rings. The molecule has 0 spiro atoms. The van der Waals surface area contributed by atoms with Gasteiger partial charge in [-0.3, -0.25) is 9.59 Å². The summed E-state index contributed by atoms with van der Waals surface area (Å²) in [4.78, 5) is 26.1. The van der Waals surface area contributed by atoms with Gasteiger partial charge in [0.05, 0.1) is 5.92 Å². The molecule has 2 N–H and O–H groups in total. The first kappa shape index (κ1) is 26.9. The van der Waals surface area contributed by atoms with E-state index in [1.165, 1.54) is 6.42 Å². The Hall–Kier alpha value is -1.14. The Morgan fingerprint density at radius 3 is 2.07 bits per heavy atom. The second-order valence-corrected chi connectivity index (χ2v) is 8.92. The van der Waals surface area contributed by atoms with Gasteiger partial charge in [0.1, 0.15) is 0 Å². The summed E-state index contributed by atoms with van der Waals surface area (Å²) in [6, 6.07) is 0.397. The molecule has 0 bridgehead atoms. The zero-order valence-corrected chi connectivity index (χ0v) is 19.4. The van der Waals surface area contributed by atoms with Crippen LogP contribution in [-0.2, 0) is 9.59 Å². The largest absolute Gasteiger partial charge is 0.481 e. The number of carbonyl (C=O) groups is 2. The van der Waals surface area contributed by atoms with Crippen molar-refractivity contribution in [3.05, 3.63) is 0 Å². The third-order valence-corrected chi connectivity index (χ3v) is 5.02. The molecule has 2 atom stereocenters. The van der Waals surface area contributed by atoms with Crippen molar-refractivity contribution >= 4 is 11.9 Å². The highest BCUT2D eigenvalue weighted by Crippen LogP contribution is 2.22. The van der Waals surface area contributed by atoms with Crippen molar-refractivity contribution in [3.63, 3.8) is 0 Å². The van der Waals surface area contributed by atoms with Crippen LogP contribution in [0.4, 0.5) is 0 Å². The third-order valence-electron chi connectivity index (χ3n) is 5.02. The van der Waals surface area contributed by atoms with Crippen molar-refractivity contribution < 1.29 is 14.7 Å². The van der Waals surface area contributed by atoms with Crippen LogP contribution < -0.4 is 5.32 Å². The fourth-order valence-corrected chi connectivity index (χ4v) is 3.49. The highest BCUT2D eigenvalue weighted by molar-refractivity contribution is 5.73. The van der Waals surface area contributed by atoms with Crippen LogP contribution in [0.25, 0.3) is 0 Å². The number of nitrogens with one attached hydrogen (secondary N) is 1. The normalized spacial score (nSPS) is 22.7. The molecule has 2 aliphatic heterocycles. The van der Waals surface area contributed by atoms with Gasteiger partial charge in [0, 0.05) is 32.6 Å². The van der Waals surface area contributed by atoms with E-state index in [1.807, 2.05) is 13.8 Å². The number of rotatable bonds is 6. The number of hydrogen-bond acceptors (Lipinski definition) is 4. The number of nitrogens with zero attached hydrogens (tertiary/aromatic N) is 2. The van der Waals surface area contributed by atoms with Crippen molar-refractivity contribution in [2.45, 2.75) is 80.2 Å². The first-order chi connectivity index (χ1) is 13.1. The molecule has 1 amide bonds. The molecule has 0 aromatic carbocycles. The minimum atomic E-state index is -0.636. The Labute approximate surface area is 173 Å². The van der Waals surface area contributed by atoms with Gasteiger partial charge in [-0.2, -0.15) is 0 Å². The molecule has 6 heteroatoms. The molecule has 2 fully saturated rings. The minimum absolute atomic E-state index is 0.0957. The molecular weight excluding hydrogens is 354 g/mol. The summed E-state index contributed by atoms with van der Waals surface area (Å²) < 4.78 is 0. The fourth-order valence-electron chi connectivity index (χ4n) is 3.49. The lowest BCUT2D eigenvalue weighted by atomic mass is 9.92. The van der Waals surface area contributed by atoms with Gasteiger partial charge < -0.3 is 20.2 Å². The van der Waals surface area contributed by atoms with Gasteiger partial charge in [-0.15, -0.1) is 0 Å². The van der Waals surface area contributed by atoms with Crippen LogP contribution >= 0.6 is 0 Å². The second kappa shape index (κ2) is 13.9. The Morgan fingerprint density at radius 1 is 1.04 bits per heavy atom. The first-order valence-corrected chi connectivity index (χ1v) is 11.1. The molecule has 2 aliphatic rings. The van der Waals surface area contributed by atoms with E-state index in [0.717, 1.165) is 58.5 Å². The van der Waals surface area contributed by atoms with Gasteiger partial charge >= 0.3 is 5.97 Å². The maximum Gasteiger partial charge on any atom is 0.307 e. The number of amides is 1.